The van der Waals surface area contributed by atoms with Gasteiger partial charge in [0, 0.05) is 34.0 Å². The van der Waals surface area contributed by atoms with Crippen LogP contribution in [0.5, 0.6) is 0 Å². The second-order valence-electron chi connectivity index (χ2n) is 9.05. The predicted octanol–water partition coefficient (Wildman–Crippen LogP) is 7.67. The fraction of sp³-hybridized carbons (Fsp3) is 0.0312. The molecule has 0 aliphatic heterocycles. The zero-order valence-electron chi connectivity index (χ0n) is 21.0. The van der Waals surface area contributed by atoms with Crippen LogP contribution in [0.2, 0.25) is 0 Å². The number of nitro benzene ring substituents is 1. The number of benzene rings is 5. The molecule has 6 nitrogen and oxygen atoms in total. The van der Waals surface area contributed by atoms with Gasteiger partial charge in [-0.2, -0.15) is 0 Å². The summed E-state index contributed by atoms with van der Waals surface area (Å²) in [6.45, 7) is 0. The van der Waals surface area contributed by atoms with Crippen LogP contribution in [-0.4, -0.2) is 25.3 Å². The third-order valence-electron chi connectivity index (χ3n) is 6.73. The van der Waals surface area contributed by atoms with Crippen molar-refractivity contribution in [2.75, 3.05) is 6.26 Å². The van der Waals surface area contributed by atoms with E-state index >= 15 is 0 Å². The van der Waals surface area contributed by atoms with Crippen molar-refractivity contribution < 1.29 is 9.48 Å². The van der Waals surface area contributed by atoms with Crippen LogP contribution < -0.4 is 0 Å². The normalized spacial score (nSPS) is 11.9. The van der Waals surface area contributed by atoms with Gasteiger partial charge in [-0.1, -0.05) is 84.9 Å². The number of rotatable bonds is 6. The van der Waals surface area contributed by atoms with E-state index in [1.165, 1.54) is 6.07 Å². The van der Waals surface area contributed by atoms with E-state index in [1.807, 2.05) is 97.1 Å². The lowest BCUT2D eigenvalue weighted by atomic mass is 9.96. The van der Waals surface area contributed by atoms with Gasteiger partial charge in [-0.05, 0) is 41.5 Å². The number of hydrogen-bond acceptors (Lipinski definition) is 4. The molecule has 0 saturated heterocycles. The van der Waals surface area contributed by atoms with Crippen molar-refractivity contribution in [2.24, 2.45) is 0 Å². The molecule has 190 valence electrons. The Kier molecular flexibility index (Phi) is 6.44. The smallest absolute Gasteiger partial charge is 0.277 e. The first-order chi connectivity index (χ1) is 19.0. The molecule has 0 bridgehead atoms. The summed E-state index contributed by atoms with van der Waals surface area (Å²) in [5.74, 6) is 0.708. The van der Waals surface area contributed by atoms with Crippen molar-refractivity contribution in [1.82, 2.24) is 9.55 Å². The summed E-state index contributed by atoms with van der Waals surface area (Å²) >= 11 is -1.23. The molecule has 1 aromatic heterocycles. The molecule has 0 aliphatic carbocycles. The minimum absolute atomic E-state index is 0.0112. The van der Waals surface area contributed by atoms with E-state index in [0.717, 1.165) is 27.9 Å². The third kappa shape index (κ3) is 4.37. The average Bonchev–Trinajstić information content (AvgIpc) is 3.38. The zero-order chi connectivity index (χ0) is 26.9. The minimum Gasteiger partial charge on any atom is -0.612 e. The van der Waals surface area contributed by atoms with Crippen LogP contribution >= 0.6 is 0 Å². The molecule has 6 rings (SSSR count). The summed E-state index contributed by atoms with van der Waals surface area (Å²) in [4.78, 5) is 17.5. The predicted molar refractivity (Wildman–Crippen MR) is 156 cm³/mol. The molecule has 7 heteroatoms. The van der Waals surface area contributed by atoms with E-state index in [0.29, 0.717) is 27.4 Å². The summed E-state index contributed by atoms with van der Waals surface area (Å²) in [6, 6.07) is 38.0. The summed E-state index contributed by atoms with van der Waals surface area (Å²) in [5.41, 5.74) is 6.05. The van der Waals surface area contributed by atoms with E-state index in [9.17, 15) is 14.7 Å². The molecule has 0 N–H and O–H groups in total. The summed E-state index contributed by atoms with van der Waals surface area (Å²) < 4.78 is 14.9. The molecular formula is C32H23N3O3S. The van der Waals surface area contributed by atoms with Gasteiger partial charge in [0.1, 0.15) is 12.1 Å². The Bertz CT molecular complexity index is 1820. The number of hydrogen-bond donors (Lipinski definition) is 0. The molecule has 6 aromatic rings. The third-order valence-corrected chi connectivity index (χ3v) is 7.70. The molecule has 0 amide bonds. The van der Waals surface area contributed by atoms with Crippen molar-refractivity contribution in [1.29, 1.82) is 0 Å². The first-order valence-corrected chi connectivity index (χ1v) is 13.9. The van der Waals surface area contributed by atoms with Crippen molar-refractivity contribution in [2.45, 2.75) is 4.90 Å². The van der Waals surface area contributed by atoms with Gasteiger partial charge in [0.15, 0.2) is 4.90 Å². The van der Waals surface area contributed by atoms with Gasteiger partial charge in [0.05, 0.1) is 21.5 Å². The number of nitro groups is 1. The largest absolute Gasteiger partial charge is 0.612 e. The lowest BCUT2D eigenvalue weighted by molar-refractivity contribution is -0.384. The summed E-state index contributed by atoms with van der Waals surface area (Å²) in [6.07, 6.45) is 1.67. The molecule has 0 aliphatic rings. The zero-order valence-corrected chi connectivity index (χ0v) is 21.8. The number of nitrogens with zero attached hydrogens (tertiary/aromatic N) is 3. The highest BCUT2D eigenvalue weighted by molar-refractivity contribution is 7.90. The molecular weight excluding hydrogens is 506 g/mol. The van der Waals surface area contributed by atoms with Crippen LogP contribution in [0.4, 0.5) is 5.69 Å². The highest BCUT2D eigenvalue weighted by Crippen LogP contribution is 2.43. The Morgan fingerprint density at radius 3 is 1.97 bits per heavy atom. The molecule has 39 heavy (non-hydrogen) atoms. The van der Waals surface area contributed by atoms with Gasteiger partial charge in [0.2, 0.25) is 0 Å². The maximum Gasteiger partial charge on any atom is 0.277 e. The lowest BCUT2D eigenvalue weighted by Gasteiger charge is -2.16. The maximum absolute atomic E-state index is 12.8. The topological polar surface area (TPSA) is 84.0 Å². The number of aromatic nitrogens is 2. The van der Waals surface area contributed by atoms with Gasteiger partial charge in [-0.25, -0.2) is 4.98 Å². The van der Waals surface area contributed by atoms with Crippen molar-refractivity contribution in [3.05, 3.63) is 131 Å². The van der Waals surface area contributed by atoms with Crippen LogP contribution in [0, 0.1) is 10.1 Å². The minimum atomic E-state index is -1.23. The Labute approximate surface area is 228 Å². The molecule has 1 atom stereocenters. The maximum atomic E-state index is 12.8. The molecule has 1 unspecified atom stereocenters. The van der Waals surface area contributed by atoms with Crippen LogP contribution in [-0.2, 0) is 11.2 Å². The van der Waals surface area contributed by atoms with Gasteiger partial charge < -0.3 is 4.55 Å². The van der Waals surface area contributed by atoms with Gasteiger partial charge >= 0.3 is 0 Å². The Morgan fingerprint density at radius 1 is 0.692 bits per heavy atom. The Morgan fingerprint density at radius 2 is 1.28 bits per heavy atom. The molecule has 5 aromatic carbocycles. The Hall–Kier alpha value is -4.72. The molecule has 0 radical (unpaired) electrons. The fourth-order valence-electron chi connectivity index (χ4n) is 5.03. The van der Waals surface area contributed by atoms with Crippen LogP contribution in [0.15, 0.2) is 126 Å². The average molecular weight is 530 g/mol. The highest BCUT2D eigenvalue weighted by atomic mass is 32.2. The van der Waals surface area contributed by atoms with Gasteiger partial charge in [0.25, 0.3) is 5.69 Å². The van der Waals surface area contributed by atoms with E-state index in [1.54, 1.807) is 24.5 Å². The molecule has 0 spiro atoms. The highest BCUT2D eigenvalue weighted by Gasteiger charge is 2.26. The van der Waals surface area contributed by atoms with Crippen molar-refractivity contribution in [3.8, 4) is 39.3 Å². The number of fused-ring (bicyclic) bond motifs is 1. The van der Waals surface area contributed by atoms with Crippen LogP contribution in [0.25, 0.3) is 50.4 Å². The van der Waals surface area contributed by atoms with E-state index in [4.69, 9.17) is 4.98 Å². The fourth-order valence-corrected chi connectivity index (χ4v) is 5.78. The monoisotopic (exact) mass is 529 g/mol. The first-order valence-electron chi connectivity index (χ1n) is 12.4. The van der Waals surface area contributed by atoms with Crippen LogP contribution in [0.3, 0.4) is 0 Å². The summed E-state index contributed by atoms with van der Waals surface area (Å²) in [5, 5.41) is 12.0. The summed E-state index contributed by atoms with van der Waals surface area (Å²) in [7, 11) is 0. The van der Waals surface area contributed by atoms with Crippen molar-refractivity contribution in [3.63, 3.8) is 0 Å². The standard InChI is InChI=1S/C32H23N3O3S/c1-39(38)29-19-11-9-17-25(29)27-21-20-26(24-16-8-10-18-28(24)35(36)37)30-31(27)34(23-14-6-3-7-15-23)32(33-30)22-12-4-2-5-13-22/h2-21H,1H3. The molecule has 0 fully saturated rings. The second-order valence-corrected chi connectivity index (χ2v) is 10.4. The van der Waals surface area contributed by atoms with Gasteiger partial charge in [-0.3, -0.25) is 14.7 Å². The second kappa shape index (κ2) is 10.2. The lowest BCUT2D eigenvalue weighted by Crippen LogP contribution is -2.02. The van der Waals surface area contributed by atoms with Gasteiger partial charge in [-0.15, -0.1) is 0 Å². The molecule has 1 heterocycles. The first kappa shape index (κ1) is 24.6. The number of para-hydroxylation sites is 2. The number of imidazole rings is 1. The quantitative estimate of drug-likeness (QED) is 0.126. The van der Waals surface area contributed by atoms with E-state index in [-0.39, 0.29) is 10.6 Å². The van der Waals surface area contributed by atoms with Crippen LogP contribution in [0.1, 0.15) is 0 Å². The SMILES string of the molecule is C[S+]([O-])c1ccccc1-c1ccc(-c2ccccc2[N+](=O)[O-])c2nc(-c3ccccc3)n(-c3ccccc3)c12. The van der Waals surface area contributed by atoms with Crippen molar-refractivity contribution >= 4 is 27.9 Å². The Balaban J connectivity index is 1.80. The van der Waals surface area contributed by atoms with E-state index < -0.39 is 11.2 Å². The van der Waals surface area contributed by atoms with E-state index in [2.05, 4.69) is 4.57 Å². The molecule has 0 saturated carbocycles.